The van der Waals surface area contributed by atoms with Crippen molar-refractivity contribution in [2.75, 3.05) is 14.2 Å². The first-order valence-electron chi connectivity index (χ1n) is 2.47. The van der Waals surface area contributed by atoms with Crippen molar-refractivity contribution < 1.29 is 4.74 Å². The predicted octanol–water partition coefficient (Wildman–Crippen LogP) is 0.00830. The van der Waals surface area contributed by atoms with E-state index >= 15 is 0 Å². The first-order chi connectivity index (χ1) is 3.72. The van der Waals surface area contributed by atoms with Crippen molar-refractivity contribution in [3.05, 3.63) is 0 Å². The number of aliphatic imine (C=N–C) groups is 1. The van der Waals surface area contributed by atoms with E-state index in [1.54, 1.807) is 14.2 Å². The van der Waals surface area contributed by atoms with Crippen LogP contribution in [0.15, 0.2) is 4.99 Å². The molecule has 2 N–H and O–H groups in total. The Morgan fingerprint density at radius 3 is 2.38 bits per heavy atom. The number of nitrogens with zero attached hydrogens (tertiary/aromatic N) is 1. The van der Waals surface area contributed by atoms with Gasteiger partial charge in [-0.1, -0.05) is 0 Å². The first-order valence-corrected chi connectivity index (χ1v) is 2.47. The lowest BCUT2D eigenvalue weighted by Gasteiger charge is -2.05. The standard InChI is InChI=1S/C5H12N2O/c1-4(8-3)5(6)7-2/h4H,1-3H3,(H2,6,7). The fraction of sp³-hybridized carbons (Fsp3) is 0.800. The number of amidine groups is 1. The molecule has 0 saturated carbocycles. The van der Waals surface area contributed by atoms with Crippen LogP contribution in [0.1, 0.15) is 6.92 Å². The van der Waals surface area contributed by atoms with E-state index in [1.165, 1.54) is 0 Å². The lowest BCUT2D eigenvalue weighted by atomic mass is 10.4. The molecule has 0 aromatic rings. The van der Waals surface area contributed by atoms with Crippen LogP contribution in [0.25, 0.3) is 0 Å². The van der Waals surface area contributed by atoms with Crippen molar-refractivity contribution in [2.24, 2.45) is 10.7 Å². The molecule has 0 heterocycles. The van der Waals surface area contributed by atoms with E-state index in [2.05, 4.69) is 4.99 Å². The molecule has 0 amide bonds. The van der Waals surface area contributed by atoms with Crippen LogP contribution in [0.2, 0.25) is 0 Å². The van der Waals surface area contributed by atoms with E-state index in [0.29, 0.717) is 5.84 Å². The average Bonchev–Trinajstić information content (AvgIpc) is 1.84. The zero-order valence-corrected chi connectivity index (χ0v) is 5.51. The van der Waals surface area contributed by atoms with Crippen LogP contribution >= 0.6 is 0 Å². The summed E-state index contributed by atoms with van der Waals surface area (Å²) in [5.74, 6) is 0.535. The van der Waals surface area contributed by atoms with Gasteiger partial charge in [-0.2, -0.15) is 0 Å². The minimum atomic E-state index is -0.0556. The maximum atomic E-state index is 5.35. The van der Waals surface area contributed by atoms with Gasteiger partial charge in [-0.15, -0.1) is 0 Å². The normalized spacial score (nSPS) is 16.1. The Morgan fingerprint density at radius 1 is 1.75 bits per heavy atom. The molecule has 0 aliphatic heterocycles. The van der Waals surface area contributed by atoms with Crippen molar-refractivity contribution in [3.8, 4) is 0 Å². The van der Waals surface area contributed by atoms with E-state index < -0.39 is 0 Å². The molecule has 48 valence electrons. The van der Waals surface area contributed by atoms with E-state index in [-0.39, 0.29) is 6.10 Å². The highest BCUT2D eigenvalue weighted by Crippen LogP contribution is 1.84. The smallest absolute Gasteiger partial charge is 0.123 e. The molecule has 1 atom stereocenters. The van der Waals surface area contributed by atoms with Gasteiger partial charge >= 0.3 is 0 Å². The predicted molar refractivity (Wildman–Crippen MR) is 34.0 cm³/mol. The summed E-state index contributed by atoms with van der Waals surface area (Å²) in [4.78, 5) is 3.73. The molecule has 0 aliphatic rings. The van der Waals surface area contributed by atoms with Crippen LogP contribution in [0.3, 0.4) is 0 Å². The van der Waals surface area contributed by atoms with Gasteiger partial charge < -0.3 is 10.5 Å². The summed E-state index contributed by atoms with van der Waals surface area (Å²) in [5, 5.41) is 0. The third-order valence-electron chi connectivity index (χ3n) is 1.03. The Kier molecular flexibility index (Phi) is 3.19. The summed E-state index contributed by atoms with van der Waals surface area (Å²) in [6.07, 6.45) is -0.0556. The van der Waals surface area contributed by atoms with Gasteiger partial charge in [-0.05, 0) is 6.92 Å². The monoisotopic (exact) mass is 116 g/mol. The second-order valence-corrected chi connectivity index (χ2v) is 1.53. The summed E-state index contributed by atoms with van der Waals surface area (Å²) in [6.45, 7) is 1.85. The highest BCUT2D eigenvalue weighted by molar-refractivity contribution is 5.84. The third-order valence-corrected chi connectivity index (χ3v) is 1.03. The number of hydrogen-bond acceptors (Lipinski definition) is 2. The van der Waals surface area contributed by atoms with Crippen LogP contribution < -0.4 is 5.73 Å². The Bertz CT molecular complexity index is 90.4. The lowest BCUT2D eigenvalue weighted by molar-refractivity contribution is 0.169. The fourth-order valence-corrected chi connectivity index (χ4v) is 0.303. The number of nitrogens with two attached hydrogens (primary N) is 1. The molecule has 0 aromatic carbocycles. The van der Waals surface area contributed by atoms with E-state index in [1.807, 2.05) is 6.92 Å². The number of methoxy groups -OCH3 is 1. The van der Waals surface area contributed by atoms with Crippen LogP contribution in [0.5, 0.6) is 0 Å². The Balaban J connectivity index is 3.63. The highest BCUT2D eigenvalue weighted by Gasteiger charge is 2.00. The minimum Gasteiger partial charge on any atom is -0.385 e. The quantitative estimate of drug-likeness (QED) is 0.408. The van der Waals surface area contributed by atoms with E-state index in [9.17, 15) is 0 Å². The third kappa shape index (κ3) is 1.93. The second kappa shape index (κ2) is 3.43. The van der Waals surface area contributed by atoms with E-state index in [4.69, 9.17) is 10.5 Å². The molecule has 3 nitrogen and oxygen atoms in total. The second-order valence-electron chi connectivity index (χ2n) is 1.53. The molecule has 0 fully saturated rings. The van der Waals surface area contributed by atoms with Gasteiger partial charge in [0.05, 0.1) is 0 Å². The topological polar surface area (TPSA) is 47.6 Å². The lowest BCUT2D eigenvalue weighted by Crippen LogP contribution is -2.27. The molecule has 3 heteroatoms. The van der Waals surface area contributed by atoms with Crippen LogP contribution in [0, 0.1) is 0 Å². The van der Waals surface area contributed by atoms with Gasteiger partial charge in [0.2, 0.25) is 0 Å². The SMILES string of the molecule is CN=C(N)C(C)OC. The van der Waals surface area contributed by atoms with Gasteiger partial charge in [0.1, 0.15) is 11.9 Å². The molecule has 0 aromatic heterocycles. The number of ether oxygens (including phenoxy) is 1. The van der Waals surface area contributed by atoms with Gasteiger partial charge in [0.25, 0.3) is 0 Å². The zero-order chi connectivity index (χ0) is 6.57. The minimum absolute atomic E-state index is 0.0556. The molecule has 1 unspecified atom stereocenters. The average molecular weight is 116 g/mol. The summed E-state index contributed by atoms with van der Waals surface area (Å²) in [6, 6.07) is 0. The molecule has 0 rings (SSSR count). The molecule has 0 radical (unpaired) electrons. The largest absolute Gasteiger partial charge is 0.385 e. The molecular weight excluding hydrogens is 104 g/mol. The Morgan fingerprint density at radius 2 is 2.25 bits per heavy atom. The van der Waals surface area contributed by atoms with Crippen molar-refractivity contribution in [2.45, 2.75) is 13.0 Å². The van der Waals surface area contributed by atoms with Crippen LogP contribution in [0.4, 0.5) is 0 Å². The number of hydrogen-bond donors (Lipinski definition) is 1. The van der Waals surface area contributed by atoms with Gasteiger partial charge in [0.15, 0.2) is 0 Å². The highest BCUT2D eigenvalue weighted by atomic mass is 16.5. The van der Waals surface area contributed by atoms with Gasteiger partial charge in [-0.3, -0.25) is 4.99 Å². The van der Waals surface area contributed by atoms with Gasteiger partial charge in [-0.25, -0.2) is 0 Å². The van der Waals surface area contributed by atoms with E-state index in [0.717, 1.165) is 0 Å². The summed E-state index contributed by atoms with van der Waals surface area (Å²) < 4.78 is 4.85. The van der Waals surface area contributed by atoms with Crippen LogP contribution in [-0.2, 0) is 4.74 Å². The molecule has 0 bridgehead atoms. The van der Waals surface area contributed by atoms with Crippen molar-refractivity contribution in [1.29, 1.82) is 0 Å². The van der Waals surface area contributed by atoms with Crippen molar-refractivity contribution >= 4 is 5.84 Å². The fourth-order valence-electron chi connectivity index (χ4n) is 0.303. The Hall–Kier alpha value is -0.570. The maximum absolute atomic E-state index is 5.35. The molecule has 8 heavy (non-hydrogen) atoms. The van der Waals surface area contributed by atoms with Crippen molar-refractivity contribution in [1.82, 2.24) is 0 Å². The molecule has 0 aliphatic carbocycles. The first kappa shape index (κ1) is 7.43. The molecule has 0 saturated heterocycles. The summed E-state index contributed by atoms with van der Waals surface area (Å²) in [7, 11) is 3.24. The molecular formula is C5H12N2O. The van der Waals surface area contributed by atoms with Crippen LogP contribution in [-0.4, -0.2) is 26.1 Å². The Labute approximate surface area is 49.5 Å². The summed E-state index contributed by atoms with van der Waals surface area (Å²) >= 11 is 0. The number of rotatable bonds is 2. The van der Waals surface area contributed by atoms with Crippen molar-refractivity contribution in [3.63, 3.8) is 0 Å². The maximum Gasteiger partial charge on any atom is 0.123 e. The summed E-state index contributed by atoms with van der Waals surface area (Å²) in [5.41, 5.74) is 5.35. The van der Waals surface area contributed by atoms with Gasteiger partial charge in [0, 0.05) is 14.2 Å². The molecule has 0 spiro atoms. The zero-order valence-electron chi connectivity index (χ0n) is 5.51.